The van der Waals surface area contributed by atoms with Crippen molar-refractivity contribution in [2.24, 2.45) is 5.73 Å². The first-order valence-electron chi connectivity index (χ1n) is 9.04. The number of piperazine rings is 1. The van der Waals surface area contributed by atoms with E-state index in [-0.39, 0.29) is 5.91 Å². The number of carbonyl (C=O) groups is 2. The lowest BCUT2D eigenvalue weighted by Gasteiger charge is -2.36. The van der Waals surface area contributed by atoms with E-state index in [1.807, 2.05) is 12.1 Å². The number of hydrogen-bond donors (Lipinski definition) is 2. The molecular formula is C20H22Cl2N4O2. The molecule has 28 heavy (non-hydrogen) atoms. The van der Waals surface area contributed by atoms with Gasteiger partial charge in [-0.15, -0.1) is 0 Å². The third-order valence-electron chi connectivity index (χ3n) is 4.75. The van der Waals surface area contributed by atoms with E-state index in [1.54, 1.807) is 30.3 Å². The first-order valence-corrected chi connectivity index (χ1v) is 9.80. The van der Waals surface area contributed by atoms with Crippen molar-refractivity contribution in [2.45, 2.75) is 6.42 Å². The number of primary amides is 1. The molecule has 6 nitrogen and oxygen atoms in total. The first-order chi connectivity index (χ1) is 13.4. The van der Waals surface area contributed by atoms with Crippen LogP contribution in [0.1, 0.15) is 16.8 Å². The molecule has 1 aliphatic rings. The van der Waals surface area contributed by atoms with Crippen LogP contribution in [0.5, 0.6) is 0 Å². The van der Waals surface area contributed by atoms with E-state index < -0.39 is 5.91 Å². The van der Waals surface area contributed by atoms with Gasteiger partial charge in [-0.2, -0.15) is 0 Å². The van der Waals surface area contributed by atoms with Gasteiger partial charge >= 0.3 is 0 Å². The fourth-order valence-corrected chi connectivity index (χ4v) is 3.47. The third kappa shape index (κ3) is 5.38. The number of rotatable bonds is 6. The van der Waals surface area contributed by atoms with E-state index >= 15 is 0 Å². The minimum Gasteiger partial charge on any atom is -0.369 e. The molecule has 1 fully saturated rings. The molecule has 2 aromatic rings. The summed E-state index contributed by atoms with van der Waals surface area (Å²) in [5.41, 5.74) is 7.38. The average Bonchev–Trinajstić information content (AvgIpc) is 2.70. The molecule has 1 heterocycles. The largest absolute Gasteiger partial charge is 0.369 e. The number of nitrogens with one attached hydrogen (secondary N) is 1. The van der Waals surface area contributed by atoms with Gasteiger partial charge in [0.2, 0.25) is 11.8 Å². The SMILES string of the molecule is NC(=O)c1ccc(N2CCN(CCC(=O)Nc3cc(Cl)ccc3Cl)CC2)cc1. The lowest BCUT2D eigenvalue weighted by atomic mass is 10.1. The van der Waals surface area contributed by atoms with Crippen LogP contribution < -0.4 is 16.0 Å². The Morgan fingerprint density at radius 3 is 2.32 bits per heavy atom. The molecule has 0 spiro atoms. The highest BCUT2D eigenvalue weighted by Gasteiger charge is 2.18. The summed E-state index contributed by atoms with van der Waals surface area (Å²) in [6.45, 7) is 4.12. The van der Waals surface area contributed by atoms with E-state index in [1.165, 1.54) is 0 Å². The lowest BCUT2D eigenvalue weighted by molar-refractivity contribution is -0.116. The van der Waals surface area contributed by atoms with Crippen molar-refractivity contribution in [1.29, 1.82) is 0 Å². The van der Waals surface area contributed by atoms with Crippen molar-refractivity contribution in [3.63, 3.8) is 0 Å². The van der Waals surface area contributed by atoms with Gasteiger partial charge in [0.05, 0.1) is 10.7 Å². The van der Waals surface area contributed by atoms with Crippen LogP contribution in [0, 0.1) is 0 Å². The Balaban J connectivity index is 1.44. The fourth-order valence-electron chi connectivity index (χ4n) is 3.13. The second-order valence-electron chi connectivity index (χ2n) is 6.66. The highest BCUT2D eigenvalue weighted by atomic mass is 35.5. The minimum atomic E-state index is -0.422. The maximum atomic E-state index is 12.2. The Labute approximate surface area is 174 Å². The van der Waals surface area contributed by atoms with Gasteiger partial charge in [-0.1, -0.05) is 23.2 Å². The zero-order chi connectivity index (χ0) is 20.1. The van der Waals surface area contributed by atoms with Crippen LogP contribution in [0.25, 0.3) is 0 Å². The summed E-state index contributed by atoms with van der Waals surface area (Å²) in [6, 6.07) is 12.3. The fraction of sp³-hybridized carbons (Fsp3) is 0.300. The molecule has 0 bridgehead atoms. The van der Waals surface area contributed by atoms with Gasteiger partial charge in [0.15, 0.2) is 0 Å². The smallest absolute Gasteiger partial charge is 0.248 e. The predicted molar refractivity (Wildman–Crippen MR) is 113 cm³/mol. The monoisotopic (exact) mass is 420 g/mol. The van der Waals surface area contributed by atoms with Gasteiger partial charge in [0, 0.05) is 55.4 Å². The zero-order valence-electron chi connectivity index (χ0n) is 15.3. The molecule has 0 unspecified atom stereocenters. The van der Waals surface area contributed by atoms with Crippen molar-refractivity contribution < 1.29 is 9.59 Å². The van der Waals surface area contributed by atoms with E-state index in [0.717, 1.165) is 31.9 Å². The highest BCUT2D eigenvalue weighted by molar-refractivity contribution is 6.35. The van der Waals surface area contributed by atoms with Crippen LogP contribution in [0.15, 0.2) is 42.5 Å². The molecule has 0 aromatic heterocycles. The second-order valence-corrected chi connectivity index (χ2v) is 7.51. The molecule has 2 amide bonds. The molecule has 0 saturated carbocycles. The first kappa shape index (κ1) is 20.5. The van der Waals surface area contributed by atoms with Crippen LogP contribution in [-0.2, 0) is 4.79 Å². The van der Waals surface area contributed by atoms with Crippen molar-refractivity contribution in [3.8, 4) is 0 Å². The Kier molecular flexibility index (Phi) is 6.78. The van der Waals surface area contributed by atoms with Crippen molar-refractivity contribution >= 4 is 46.4 Å². The van der Waals surface area contributed by atoms with E-state index in [0.29, 0.717) is 34.3 Å². The summed E-state index contributed by atoms with van der Waals surface area (Å²) in [5, 5.41) is 3.80. The molecule has 2 aromatic carbocycles. The molecule has 1 saturated heterocycles. The van der Waals surface area contributed by atoms with Gasteiger partial charge in [-0.3, -0.25) is 14.5 Å². The molecule has 0 radical (unpaired) electrons. The Hall–Kier alpha value is -2.28. The van der Waals surface area contributed by atoms with Crippen LogP contribution in [0.4, 0.5) is 11.4 Å². The third-order valence-corrected chi connectivity index (χ3v) is 5.31. The van der Waals surface area contributed by atoms with Crippen LogP contribution >= 0.6 is 23.2 Å². The summed E-state index contributed by atoms with van der Waals surface area (Å²) in [4.78, 5) is 27.9. The molecule has 0 aliphatic carbocycles. The normalized spacial score (nSPS) is 14.7. The number of benzene rings is 2. The number of carbonyl (C=O) groups excluding carboxylic acids is 2. The van der Waals surface area contributed by atoms with Gasteiger partial charge in [-0.05, 0) is 42.5 Å². The molecule has 1 aliphatic heterocycles. The Morgan fingerprint density at radius 2 is 1.68 bits per heavy atom. The number of hydrogen-bond acceptors (Lipinski definition) is 4. The van der Waals surface area contributed by atoms with E-state index in [9.17, 15) is 9.59 Å². The van der Waals surface area contributed by atoms with Gasteiger partial charge in [0.25, 0.3) is 0 Å². The topological polar surface area (TPSA) is 78.7 Å². The maximum absolute atomic E-state index is 12.2. The van der Waals surface area contributed by atoms with Crippen molar-refractivity contribution in [2.75, 3.05) is 42.9 Å². The van der Waals surface area contributed by atoms with Gasteiger partial charge in [-0.25, -0.2) is 0 Å². The van der Waals surface area contributed by atoms with Gasteiger partial charge in [0.1, 0.15) is 0 Å². The molecule has 0 atom stereocenters. The van der Waals surface area contributed by atoms with Crippen LogP contribution in [-0.4, -0.2) is 49.4 Å². The second kappa shape index (κ2) is 9.28. The van der Waals surface area contributed by atoms with Crippen LogP contribution in [0.3, 0.4) is 0 Å². The Morgan fingerprint density at radius 1 is 1.00 bits per heavy atom. The summed E-state index contributed by atoms with van der Waals surface area (Å²) >= 11 is 12.0. The predicted octanol–water partition coefficient (Wildman–Crippen LogP) is 3.24. The number of anilines is 2. The number of amides is 2. The molecular weight excluding hydrogens is 399 g/mol. The zero-order valence-corrected chi connectivity index (χ0v) is 16.8. The summed E-state index contributed by atoms with van der Waals surface area (Å²) in [6.07, 6.45) is 0.385. The van der Waals surface area contributed by atoms with E-state index in [2.05, 4.69) is 15.1 Å². The molecule has 8 heteroatoms. The number of halogens is 2. The summed E-state index contributed by atoms with van der Waals surface area (Å²) in [7, 11) is 0. The van der Waals surface area contributed by atoms with E-state index in [4.69, 9.17) is 28.9 Å². The number of nitrogens with two attached hydrogens (primary N) is 1. The lowest BCUT2D eigenvalue weighted by Crippen LogP contribution is -2.47. The molecule has 3 N–H and O–H groups in total. The van der Waals surface area contributed by atoms with Crippen LogP contribution in [0.2, 0.25) is 10.0 Å². The highest BCUT2D eigenvalue weighted by Crippen LogP contribution is 2.25. The van der Waals surface area contributed by atoms with Crippen molar-refractivity contribution in [3.05, 3.63) is 58.1 Å². The summed E-state index contributed by atoms with van der Waals surface area (Å²) < 4.78 is 0. The quantitative estimate of drug-likeness (QED) is 0.751. The average molecular weight is 421 g/mol. The number of nitrogens with zero attached hydrogens (tertiary/aromatic N) is 2. The standard InChI is InChI=1S/C20H22Cl2N4O2/c21-15-3-6-17(22)18(13-15)24-19(27)7-8-25-9-11-26(12-10-25)16-4-1-14(2-5-16)20(23)28/h1-6,13H,7-12H2,(H2,23,28)(H,24,27). The summed E-state index contributed by atoms with van der Waals surface area (Å²) in [5.74, 6) is -0.512. The Bertz CT molecular complexity index is 850. The minimum absolute atomic E-state index is 0.0892. The molecule has 3 rings (SSSR count). The van der Waals surface area contributed by atoms with Crippen molar-refractivity contribution in [1.82, 2.24) is 4.90 Å². The maximum Gasteiger partial charge on any atom is 0.248 e. The van der Waals surface area contributed by atoms with Gasteiger partial charge < -0.3 is 16.0 Å². The molecule has 148 valence electrons.